The minimum Gasteiger partial charge on any atom is -0.325 e. The van der Waals surface area contributed by atoms with E-state index in [-0.39, 0.29) is 29.9 Å². The van der Waals surface area contributed by atoms with E-state index in [0.29, 0.717) is 5.69 Å². The van der Waals surface area contributed by atoms with Crippen molar-refractivity contribution < 1.29 is 14.4 Å². The van der Waals surface area contributed by atoms with Crippen LogP contribution in [0.1, 0.15) is 17.5 Å². The molecule has 1 heterocycles. The summed E-state index contributed by atoms with van der Waals surface area (Å²) in [6, 6.07) is 13.1. The first-order valence-electron chi connectivity index (χ1n) is 8.45. The number of imide groups is 1. The van der Waals surface area contributed by atoms with Crippen molar-refractivity contribution in [2.24, 2.45) is 0 Å². The second kappa shape index (κ2) is 8.43. The molecule has 0 saturated carbocycles. The van der Waals surface area contributed by atoms with Crippen molar-refractivity contribution >= 4 is 63.4 Å². The molecule has 0 aromatic heterocycles. The summed E-state index contributed by atoms with van der Waals surface area (Å²) in [5.74, 6) is -0.547. The number of benzene rings is 2. The molecule has 27 heavy (non-hydrogen) atoms. The van der Waals surface area contributed by atoms with Crippen LogP contribution in [-0.4, -0.2) is 28.7 Å². The molecule has 140 valence electrons. The van der Waals surface area contributed by atoms with E-state index in [1.165, 1.54) is 16.7 Å². The topological polar surface area (TPSA) is 66.5 Å². The van der Waals surface area contributed by atoms with Gasteiger partial charge in [-0.2, -0.15) is 0 Å². The normalized spacial score (nSPS) is 16.7. The minimum atomic E-state index is -0.526. The van der Waals surface area contributed by atoms with Crippen LogP contribution in [-0.2, 0) is 14.4 Å². The van der Waals surface area contributed by atoms with E-state index in [1.54, 1.807) is 12.1 Å². The van der Waals surface area contributed by atoms with E-state index in [9.17, 15) is 14.4 Å². The van der Waals surface area contributed by atoms with Gasteiger partial charge in [0.15, 0.2) is 0 Å². The van der Waals surface area contributed by atoms with E-state index in [1.807, 2.05) is 44.2 Å². The molecule has 3 rings (SSSR count). The third-order valence-electron chi connectivity index (χ3n) is 4.11. The molecule has 1 N–H and O–H groups in total. The van der Waals surface area contributed by atoms with Gasteiger partial charge >= 0.3 is 0 Å². The second-order valence-electron chi connectivity index (χ2n) is 6.47. The summed E-state index contributed by atoms with van der Waals surface area (Å²) in [4.78, 5) is 38.3. The van der Waals surface area contributed by atoms with Gasteiger partial charge in [-0.1, -0.05) is 6.07 Å². The van der Waals surface area contributed by atoms with Gasteiger partial charge in [-0.05, 0) is 84.0 Å². The largest absolute Gasteiger partial charge is 0.325 e. The van der Waals surface area contributed by atoms with Crippen molar-refractivity contribution in [3.8, 4) is 0 Å². The number of hydrogen-bond donors (Lipinski definition) is 1. The van der Waals surface area contributed by atoms with Gasteiger partial charge in [-0.15, -0.1) is 11.8 Å². The fourth-order valence-corrected chi connectivity index (χ4v) is 4.31. The third kappa shape index (κ3) is 4.90. The van der Waals surface area contributed by atoms with Crippen molar-refractivity contribution in [2.75, 3.05) is 16.0 Å². The number of nitrogens with zero attached hydrogens (tertiary/aromatic N) is 1. The molecule has 7 heteroatoms. The number of thioether (sulfide) groups is 1. The Kier molecular flexibility index (Phi) is 6.21. The fourth-order valence-electron chi connectivity index (χ4n) is 3.02. The molecular formula is C20H19IN2O3S. The quantitative estimate of drug-likeness (QED) is 0.506. The summed E-state index contributed by atoms with van der Waals surface area (Å²) in [6.07, 6.45) is 0.117. The van der Waals surface area contributed by atoms with Crippen molar-refractivity contribution in [1.82, 2.24) is 0 Å². The Labute approximate surface area is 176 Å². The van der Waals surface area contributed by atoms with E-state index in [4.69, 9.17) is 0 Å². The molecule has 5 nitrogen and oxygen atoms in total. The van der Waals surface area contributed by atoms with Crippen LogP contribution in [0.15, 0.2) is 42.5 Å². The lowest BCUT2D eigenvalue weighted by Gasteiger charge is -2.15. The molecule has 0 radical (unpaired) electrons. The van der Waals surface area contributed by atoms with Crippen LogP contribution in [0.3, 0.4) is 0 Å². The molecule has 0 bridgehead atoms. The lowest BCUT2D eigenvalue weighted by Crippen LogP contribution is -2.31. The van der Waals surface area contributed by atoms with Crippen LogP contribution in [0.2, 0.25) is 0 Å². The highest BCUT2D eigenvalue weighted by molar-refractivity contribution is 14.1. The minimum absolute atomic E-state index is 0.117. The number of nitrogens with one attached hydrogen (secondary N) is 1. The first-order valence-corrected chi connectivity index (χ1v) is 10.6. The van der Waals surface area contributed by atoms with E-state index >= 15 is 0 Å². The van der Waals surface area contributed by atoms with Crippen LogP contribution >= 0.6 is 34.4 Å². The van der Waals surface area contributed by atoms with Gasteiger partial charge in [0, 0.05) is 15.7 Å². The summed E-state index contributed by atoms with van der Waals surface area (Å²) >= 11 is 3.38. The van der Waals surface area contributed by atoms with E-state index in [2.05, 4.69) is 27.9 Å². The Morgan fingerprint density at radius 1 is 1.15 bits per heavy atom. The number of halogens is 1. The SMILES string of the molecule is Cc1cc(C)cc(NC(=O)CS[C@H]2CC(=O)N(c3ccc(I)cc3)C2=O)c1. The van der Waals surface area contributed by atoms with Crippen molar-refractivity contribution in [3.05, 3.63) is 57.2 Å². The zero-order chi connectivity index (χ0) is 19.6. The monoisotopic (exact) mass is 494 g/mol. The van der Waals surface area contributed by atoms with Gasteiger partial charge in [-0.3, -0.25) is 14.4 Å². The Morgan fingerprint density at radius 3 is 2.41 bits per heavy atom. The molecule has 0 aliphatic carbocycles. The molecule has 1 atom stereocenters. The molecule has 1 aliphatic heterocycles. The maximum absolute atomic E-state index is 12.6. The Hall–Kier alpha value is -1.87. The predicted octanol–water partition coefficient (Wildman–Crippen LogP) is 3.91. The van der Waals surface area contributed by atoms with Crippen LogP contribution < -0.4 is 10.2 Å². The average molecular weight is 494 g/mol. The van der Waals surface area contributed by atoms with Gasteiger partial charge in [0.2, 0.25) is 17.7 Å². The molecule has 0 unspecified atom stereocenters. The van der Waals surface area contributed by atoms with Gasteiger partial charge in [0.25, 0.3) is 0 Å². The molecule has 3 amide bonds. The first kappa shape index (κ1) is 19.9. The average Bonchev–Trinajstić information content (AvgIpc) is 2.87. The lowest BCUT2D eigenvalue weighted by atomic mass is 10.1. The maximum atomic E-state index is 12.6. The zero-order valence-electron chi connectivity index (χ0n) is 15.0. The number of hydrogen-bond acceptors (Lipinski definition) is 4. The fraction of sp³-hybridized carbons (Fsp3) is 0.250. The zero-order valence-corrected chi connectivity index (χ0v) is 18.0. The molecule has 1 fully saturated rings. The van der Waals surface area contributed by atoms with Gasteiger partial charge in [-0.25, -0.2) is 4.90 Å². The molecule has 0 spiro atoms. The van der Waals surface area contributed by atoms with Crippen LogP contribution in [0.25, 0.3) is 0 Å². The smallest absolute Gasteiger partial charge is 0.247 e. The Bertz CT molecular complexity index is 878. The van der Waals surface area contributed by atoms with Crippen LogP contribution in [0, 0.1) is 17.4 Å². The summed E-state index contributed by atoms with van der Waals surface area (Å²) in [7, 11) is 0. The summed E-state index contributed by atoms with van der Waals surface area (Å²) in [5.41, 5.74) is 3.46. The number of amides is 3. The Morgan fingerprint density at radius 2 is 1.78 bits per heavy atom. The molecule has 1 aliphatic rings. The first-order chi connectivity index (χ1) is 12.8. The highest BCUT2D eigenvalue weighted by Crippen LogP contribution is 2.30. The number of aryl methyl sites for hydroxylation is 2. The van der Waals surface area contributed by atoms with E-state index in [0.717, 1.165) is 20.4 Å². The van der Waals surface area contributed by atoms with Crippen LogP contribution in [0.5, 0.6) is 0 Å². The highest BCUT2D eigenvalue weighted by atomic mass is 127. The van der Waals surface area contributed by atoms with Gasteiger partial charge in [0.1, 0.15) is 0 Å². The number of carbonyl (C=O) groups excluding carboxylic acids is 3. The summed E-state index contributed by atoms with van der Waals surface area (Å²) in [6.45, 7) is 3.94. The van der Waals surface area contributed by atoms with Gasteiger partial charge < -0.3 is 5.32 Å². The maximum Gasteiger partial charge on any atom is 0.247 e. The predicted molar refractivity (Wildman–Crippen MR) is 117 cm³/mol. The van der Waals surface area contributed by atoms with Gasteiger partial charge in [0.05, 0.1) is 16.7 Å². The molecule has 1 saturated heterocycles. The van der Waals surface area contributed by atoms with Crippen LogP contribution in [0.4, 0.5) is 11.4 Å². The molecule has 2 aromatic rings. The highest BCUT2D eigenvalue weighted by Gasteiger charge is 2.40. The summed E-state index contributed by atoms with van der Waals surface area (Å²) < 4.78 is 1.03. The Balaban J connectivity index is 1.59. The van der Waals surface area contributed by atoms with Crippen molar-refractivity contribution in [1.29, 1.82) is 0 Å². The number of anilines is 2. The number of carbonyl (C=O) groups is 3. The molecular weight excluding hydrogens is 475 g/mol. The molecule has 2 aromatic carbocycles. The van der Waals surface area contributed by atoms with Crippen molar-refractivity contribution in [3.63, 3.8) is 0 Å². The van der Waals surface area contributed by atoms with E-state index < -0.39 is 5.25 Å². The summed E-state index contributed by atoms with van der Waals surface area (Å²) in [5, 5.41) is 2.33. The lowest BCUT2D eigenvalue weighted by molar-refractivity contribution is -0.121. The van der Waals surface area contributed by atoms with Crippen molar-refractivity contribution in [2.45, 2.75) is 25.5 Å². The third-order valence-corrected chi connectivity index (χ3v) is 6.03. The number of rotatable bonds is 5. The standard InChI is InChI=1S/C20H19IN2O3S/c1-12-7-13(2)9-15(8-12)22-18(24)11-27-17-10-19(25)23(20(17)26)16-5-3-14(21)4-6-16/h3-9,17H,10-11H2,1-2H3,(H,22,24)/t17-/m0/s1. The second-order valence-corrected chi connectivity index (χ2v) is 8.91.